The molecule has 3 aromatic rings. The Kier molecular flexibility index (Phi) is 12.4. The number of aromatic nitrogens is 3. The van der Waals surface area contributed by atoms with Crippen molar-refractivity contribution < 1.29 is 26.3 Å². The molecule has 11 heteroatoms. The van der Waals surface area contributed by atoms with Crippen LogP contribution in [0.2, 0.25) is 0 Å². The monoisotopic (exact) mass is 517 g/mol. The standard InChI is InChI=1S/C12H11F3N2.C6H5F3N2.C6H12.CH5N/c1-7-3-4-9-8(5-7)10(16-2)6-11(17-9)12(13,14)15;1-2-5-3-10-11(4-5)6(7,8)9;1-2-4-6-5-3-1;1-2/h3-6H,1-2H3,(H,16,17);2-4H,1H2;1-6H2;2H2,1H3. The summed E-state index contributed by atoms with van der Waals surface area (Å²) in [5, 5.41) is 6.54. The van der Waals surface area contributed by atoms with Gasteiger partial charge < -0.3 is 11.1 Å². The number of nitrogens with zero attached hydrogens (tertiary/aromatic N) is 3. The number of halogens is 6. The van der Waals surface area contributed by atoms with Gasteiger partial charge in [-0.3, -0.25) is 0 Å². The van der Waals surface area contributed by atoms with Crippen molar-refractivity contribution in [1.29, 1.82) is 0 Å². The molecule has 1 aliphatic rings. The molecular weight excluding hydrogens is 484 g/mol. The van der Waals surface area contributed by atoms with Crippen LogP contribution in [-0.2, 0) is 12.5 Å². The molecule has 1 saturated carbocycles. The Morgan fingerprint density at radius 2 is 1.53 bits per heavy atom. The topological polar surface area (TPSA) is 68.8 Å². The van der Waals surface area contributed by atoms with E-state index in [2.05, 4.69) is 27.7 Å². The first-order chi connectivity index (χ1) is 17.0. The zero-order valence-electron chi connectivity index (χ0n) is 20.7. The third-order valence-electron chi connectivity index (χ3n) is 5.12. The predicted octanol–water partition coefficient (Wildman–Crippen LogP) is 7.52. The van der Waals surface area contributed by atoms with Crippen molar-refractivity contribution in [2.24, 2.45) is 5.73 Å². The number of anilines is 1. The van der Waals surface area contributed by atoms with Crippen molar-refractivity contribution in [2.75, 3.05) is 19.4 Å². The number of nitrogens with one attached hydrogen (secondary N) is 1. The number of benzene rings is 1. The summed E-state index contributed by atoms with van der Waals surface area (Å²) >= 11 is 0. The molecule has 0 spiro atoms. The fourth-order valence-corrected chi connectivity index (χ4v) is 3.33. The highest BCUT2D eigenvalue weighted by molar-refractivity contribution is 5.92. The lowest BCUT2D eigenvalue weighted by atomic mass is 10.0. The number of rotatable bonds is 2. The van der Waals surface area contributed by atoms with Crippen LogP contribution in [0.3, 0.4) is 0 Å². The Hall–Kier alpha value is -3.08. The summed E-state index contributed by atoms with van der Waals surface area (Å²) in [5.74, 6) is 0. The van der Waals surface area contributed by atoms with Crippen LogP contribution < -0.4 is 11.1 Å². The van der Waals surface area contributed by atoms with E-state index in [0.717, 1.165) is 24.0 Å². The minimum absolute atomic E-state index is 0.0655. The van der Waals surface area contributed by atoms with Crippen molar-refractivity contribution in [3.63, 3.8) is 0 Å². The van der Waals surface area contributed by atoms with E-state index in [1.165, 1.54) is 51.6 Å². The average Bonchev–Trinajstić information content (AvgIpc) is 3.36. The maximum Gasteiger partial charge on any atom is 0.504 e. The van der Waals surface area contributed by atoms with Gasteiger partial charge in [0.15, 0.2) is 0 Å². The van der Waals surface area contributed by atoms with Gasteiger partial charge in [0.05, 0.1) is 11.7 Å². The molecule has 0 radical (unpaired) electrons. The SMILES string of the molecule is C1CCCCC1.C=Cc1cnn(C(F)(F)F)c1.CN.CNc1cc(C(F)(F)F)nc2ccc(C)cc12. The smallest absolute Gasteiger partial charge is 0.388 e. The van der Waals surface area contributed by atoms with Crippen LogP contribution in [0.4, 0.5) is 32.0 Å². The second-order valence-electron chi connectivity index (χ2n) is 7.83. The molecule has 3 N–H and O–H groups in total. The normalized spacial score (nSPS) is 13.3. The highest BCUT2D eigenvalue weighted by Crippen LogP contribution is 2.33. The van der Waals surface area contributed by atoms with Crippen LogP contribution in [0.15, 0.2) is 43.2 Å². The van der Waals surface area contributed by atoms with Crippen LogP contribution >= 0.6 is 0 Å². The van der Waals surface area contributed by atoms with Crippen molar-refractivity contribution in [3.8, 4) is 0 Å². The lowest BCUT2D eigenvalue weighted by Crippen LogP contribution is -2.16. The largest absolute Gasteiger partial charge is 0.504 e. The molecule has 2 heterocycles. The number of aryl methyl sites for hydroxylation is 1. The molecule has 1 fully saturated rings. The lowest BCUT2D eigenvalue weighted by Gasteiger charge is -2.11. The minimum Gasteiger partial charge on any atom is -0.388 e. The van der Waals surface area contributed by atoms with Crippen molar-refractivity contribution >= 4 is 22.7 Å². The summed E-state index contributed by atoms with van der Waals surface area (Å²) in [5.41, 5.74) is 5.73. The summed E-state index contributed by atoms with van der Waals surface area (Å²) in [6.45, 7) is 5.19. The van der Waals surface area contributed by atoms with E-state index < -0.39 is 18.2 Å². The van der Waals surface area contributed by atoms with Crippen molar-refractivity contribution in [3.05, 3.63) is 60.1 Å². The van der Waals surface area contributed by atoms with Crippen LogP contribution in [0.1, 0.15) is 55.3 Å². The third kappa shape index (κ3) is 9.88. The van der Waals surface area contributed by atoms with Crippen LogP contribution in [0, 0.1) is 6.92 Å². The van der Waals surface area contributed by atoms with Gasteiger partial charge >= 0.3 is 12.5 Å². The molecule has 36 heavy (non-hydrogen) atoms. The van der Waals surface area contributed by atoms with Gasteiger partial charge in [0, 0.05) is 29.9 Å². The van der Waals surface area contributed by atoms with Gasteiger partial charge in [-0.15, -0.1) is 13.2 Å². The molecule has 5 nitrogen and oxygen atoms in total. The van der Waals surface area contributed by atoms with E-state index in [-0.39, 0.29) is 4.68 Å². The Balaban J connectivity index is 0.000000291. The maximum atomic E-state index is 12.6. The lowest BCUT2D eigenvalue weighted by molar-refractivity contribution is -0.212. The molecular formula is C25H33F6N5. The van der Waals surface area contributed by atoms with Crippen molar-refractivity contribution in [2.45, 2.75) is 57.9 Å². The van der Waals surface area contributed by atoms with Gasteiger partial charge in [-0.2, -0.15) is 23.0 Å². The number of hydrogen-bond acceptors (Lipinski definition) is 4. The Morgan fingerprint density at radius 3 is 1.92 bits per heavy atom. The molecule has 4 rings (SSSR count). The Morgan fingerprint density at radius 1 is 0.972 bits per heavy atom. The Bertz CT molecular complexity index is 1060. The molecule has 0 amide bonds. The summed E-state index contributed by atoms with van der Waals surface area (Å²) in [7, 11) is 3.09. The predicted molar refractivity (Wildman–Crippen MR) is 132 cm³/mol. The van der Waals surface area contributed by atoms with Crippen molar-refractivity contribution in [1.82, 2.24) is 14.8 Å². The quantitative estimate of drug-likeness (QED) is 0.345. The second-order valence-corrected chi connectivity index (χ2v) is 7.83. The van der Waals surface area contributed by atoms with Gasteiger partial charge in [-0.25, -0.2) is 4.98 Å². The number of hydrogen-bond donors (Lipinski definition) is 2. The van der Waals surface area contributed by atoms with Gasteiger partial charge in [0.25, 0.3) is 0 Å². The third-order valence-corrected chi connectivity index (χ3v) is 5.12. The minimum atomic E-state index is -4.43. The van der Waals surface area contributed by atoms with Crippen LogP contribution in [0.5, 0.6) is 0 Å². The summed E-state index contributed by atoms with van der Waals surface area (Å²) in [6.07, 6.45) is 3.41. The molecule has 2 aromatic heterocycles. The van der Waals surface area contributed by atoms with E-state index >= 15 is 0 Å². The molecule has 1 aliphatic carbocycles. The first-order valence-electron chi connectivity index (χ1n) is 11.4. The molecule has 200 valence electrons. The molecule has 0 atom stereocenters. The van der Waals surface area contributed by atoms with Crippen LogP contribution in [0.25, 0.3) is 17.0 Å². The molecule has 0 unspecified atom stereocenters. The second kappa shape index (κ2) is 14.5. The van der Waals surface area contributed by atoms with E-state index in [9.17, 15) is 26.3 Å². The van der Waals surface area contributed by atoms with Crippen LogP contribution in [-0.4, -0.2) is 28.9 Å². The number of alkyl halides is 6. The zero-order valence-corrected chi connectivity index (χ0v) is 20.7. The fourth-order valence-electron chi connectivity index (χ4n) is 3.33. The van der Waals surface area contributed by atoms with E-state index in [1.54, 1.807) is 19.2 Å². The molecule has 0 aliphatic heterocycles. The van der Waals surface area contributed by atoms with Gasteiger partial charge in [0.1, 0.15) is 5.69 Å². The van der Waals surface area contributed by atoms with Gasteiger partial charge in [0.2, 0.25) is 0 Å². The first kappa shape index (κ1) is 31.0. The maximum absolute atomic E-state index is 12.6. The summed E-state index contributed by atoms with van der Waals surface area (Å²) in [6, 6.07) is 6.19. The number of fused-ring (bicyclic) bond motifs is 1. The first-order valence-corrected chi connectivity index (χ1v) is 11.4. The van der Waals surface area contributed by atoms with Gasteiger partial charge in [-0.05, 0) is 32.2 Å². The number of nitrogens with two attached hydrogens (primary N) is 1. The summed E-state index contributed by atoms with van der Waals surface area (Å²) in [4.78, 5) is 3.63. The number of pyridine rings is 1. The van der Waals surface area contributed by atoms with Gasteiger partial charge in [-0.1, -0.05) is 62.8 Å². The van der Waals surface area contributed by atoms with E-state index in [1.807, 2.05) is 13.0 Å². The van der Waals surface area contributed by atoms with E-state index in [0.29, 0.717) is 22.2 Å². The summed E-state index contributed by atoms with van der Waals surface area (Å²) < 4.78 is 73.2. The highest BCUT2D eigenvalue weighted by atomic mass is 19.4. The zero-order chi connectivity index (χ0) is 27.4. The molecule has 1 aromatic carbocycles. The fraction of sp³-hybridized carbons (Fsp3) is 0.440. The Labute approximate surface area is 207 Å². The molecule has 0 bridgehead atoms. The molecule has 0 saturated heterocycles. The highest BCUT2D eigenvalue weighted by Gasteiger charge is 2.33. The average molecular weight is 518 g/mol. The van der Waals surface area contributed by atoms with E-state index in [4.69, 9.17) is 0 Å².